The molecule has 1 aromatic rings. The molecule has 1 unspecified atom stereocenters. The second-order valence-corrected chi connectivity index (χ2v) is 7.61. The fourth-order valence-electron chi connectivity index (χ4n) is 1.68. The first kappa shape index (κ1) is 13.4. The monoisotopic (exact) mass is 334 g/mol. The largest absolute Gasteiger partial charge is 0.351 e. The number of hydrogen-bond acceptors (Lipinski definition) is 4. The van der Waals surface area contributed by atoms with Gasteiger partial charge in [0.05, 0.1) is 10.3 Å². The van der Waals surface area contributed by atoms with Crippen LogP contribution in [0.5, 0.6) is 0 Å². The third kappa shape index (κ3) is 4.62. The van der Waals surface area contributed by atoms with Crippen molar-refractivity contribution in [1.29, 1.82) is 0 Å². The third-order valence-corrected chi connectivity index (χ3v) is 5.27. The smallest absolute Gasteiger partial charge is 0.221 e. The molecule has 94 valence electrons. The molecule has 0 radical (unpaired) electrons. The number of thioether (sulfide) groups is 1. The van der Waals surface area contributed by atoms with Gasteiger partial charge in [-0.25, -0.2) is 0 Å². The molecule has 2 rings (SSSR count). The van der Waals surface area contributed by atoms with Crippen molar-refractivity contribution in [3.63, 3.8) is 0 Å². The molecule has 0 aromatic carbocycles. The Labute approximate surface area is 118 Å². The van der Waals surface area contributed by atoms with Gasteiger partial charge in [-0.05, 0) is 28.1 Å². The molecule has 0 aliphatic carbocycles. The van der Waals surface area contributed by atoms with Crippen LogP contribution in [0.1, 0.15) is 11.3 Å². The maximum atomic E-state index is 11.7. The minimum absolute atomic E-state index is 0.134. The lowest BCUT2D eigenvalue weighted by Gasteiger charge is -2.22. The Balaban J connectivity index is 1.70. The molecule has 0 bridgehead atoms. The first-order chi connectivity index (χ1) is 8.24. The second-order valence-electron chi connectivity index (χ2n) is 3.91. The fraction of sp³-hybridized carbons (Fsp3) is 0.545. The normalized spacial score (nSPS) is 20.2. The fourth-order valence-corrected chi connectivity index (χ4v) is 4.05. The lowest BCUT2D eigenvalue weighted by atomic mass is 10.2. The highest BCUT2D eigenvalue weighted by atomic mass is 79.9. The van der Waals surface area contributed by atoms with E-state index in [0.29, 0.717) is 19.0 Å². The number of carbonyl (C=O) groups is 1. The summed E-state index contributed by atoms with van der Waals surface area (Å²) in [7, 11) is 0. The minimum atomic E-state index is 0.134. The van der Waals surface area contributed by atoms with Gasteiger partial charge in [0.1, 0.15) is 0 Å². The molecule has 1 aliphatic rings. The first-order valence-corrected chi connectivity index (χ1v) is 8.32. The summed E-state index contributed by atoms with van der Waals surface area (Å²) in [5.74, 6) is 2.33. The Bertz CT molecular complexity index is 377. The molecule has 3 nitrogen and oxygen atoms in total. The molecule has 2 heterocycles. The van der Waals surface area contributed by atoms with Crippen LogP contribution in [0.25, 0.3) is 0 Å². The van der Waals surface area contributed by atoms with E-state index in [1.165, 1.54) is 4.88 Å². The summed E-state index contributed by atoms with van der Waals surface area (Å²) < 4.78 is 1.10. The Morgan fingerprint density at radius 3 is 3.12 bits per heavy atom. The van der Waals surface area contributed by atoms with Gasteiger partial charge >= 0.3 is 0 Å². The number of halogens is 1. The summed E-state index contributed by atoms with van der Waals surface area (Å²) in [6.07, 6.45) is 0.583. The quantitative estimate of drug-likeness (QED) is 0.887. The lowest BCUT2D eigenvalue weighted by Crippen LogP contribution is -2.41. The number of rotatable bonds is 4. The average molecular weight is 335 g/mol. The molecule has 17 heavy (non-hydrogen) atoms. The van der Waals surface area contributed by atoms with E-state index in [1.54, 1.807) is 11.3 Å². The molecule has 0 saturated carbocycles. The zero-order valence-electron chi connectivity index (χ0n) is 9.37. The van der Waals surface area contributed by atoms with Gasteiger partial charge in [-0.15, -0.1) is 11.3 Å². The number of hydrogen-bond donors (Lipinski definition) is 2. The molecule has 2 N–H and O–H groups in total. The Morgan fingerprint density at radius 1 is 1.59 bits per heavy atom. The maximum absolute atomic E-state index is 11.7. The predicted molar refractivity (Wildman–Crippen MR) is 77.6 cm³/mol. The molecular weight excluding hydrogens is 320 g/mol. The molecule has 1 aromatic heterocycles. The third-order valence-electron chi connectivity index (χ3n) is 2.52. The number of nitrogens with one attached hydrogen (secondary N) is 2. The van der Waals surface area contributed by atoms with Crippen molar-refractivity contribution in [2.75, 3.05) is 18.1 Å². The predicted octanol–water partition coefficient (Wildman–Crippen LogP) is 2.22. The van der Waals surface area contributed by atoms with Gasteiger partial charge in [-0.3, -0.25) is 4.79 Å². The molecular formula is C11H15BrN2OS2. The summed E-state index contributed by atoms with van der Waals surface area (Å²) in [4.78, 5) is 12.9. The van der Waals surface area contributed by atoms with Crippen LogP contribution in [0.15, 0.2) is 15.9 Å². The highest BCUT2D eigenvalue weighted by molar-refractivity contribution is 9.11. The van der Waals surface area contributed by atoms with Gasteiger partial charge in [-0.2, -0.15) is 11.8 Å². The van der Waals surface area contributed by atoms with Crippen LogP contribution in [-0.2, 0) is 11.3 Å². The van der Waals surface area contributed by atoms with Crippen LogP contribution < -0.4 is 10.6 Å². The molecule has 0 spiro atoms. The van der Waals surface area contributed by atoms with Crippen molar-refractivity contribution in [2.45, 2.75) is 19.0 Å². The molecule has 1 amide bonds. The topological polar surface area (TPSA) is 41.1 Å². The molecule has 1 atom stereocenters. The summed E-state index contributed by atoms with van der Waals surface area (Å²) in [6.45, 7) is 1.65. The van der Waals surface area contributed by atoms with Crippen LogP contribution in [0.3, 0.4) is 0 Å². The van der Waals surface area contributed by atoms with Gasteiger partial charge in [0.2, 0.25) is 5.91 Å². The van der Waals surface area contributed by atoms with Gasteiger partial charge in [-0.1, -0.05) is 0 Å². The SMILES string of the molecule is O=C(CC1CSCCN1)NCc1ccc(Br)s1. The van der Waals surface area contributed by atoms with Gasteiger partial charge in [0.25, 0.3) is 0 Å². The summed E-state index contributed by atoms with van der Waals surface area (Å²) in [6, 6.07) is 4.37. The molecule has 6 heteroatoms. The number of amides is 1. The van der Waals surface area contributed by atoms with E-state index in [4.69, 9.17) is 0 Å². The zero-order chi connectivity index (χ0) is 12.1. The van der Waals surface area contributed by atoms with E-state index >= 15 is 0 Å². The standard InChI is InChI=1S/C11H15BrN2OS2/c12-10-2-1-9(17-10)6-14-11(15)5-8-7-16-4-3-13-8/h1-2,8,13H,3-7H2,(H,14,15). The summed E-state index contributed by atoms with van der Waals surface area (Å²) in [5.41, 5.74) is 0. The van der Waals surface area contributed by atoms with Crippen LogP contribution in [0, 0.1) is 0 Å². The van der Waals surface area contributed by atoms with E-state index in [9.17, 15) is 4.79 Å². The first-order valence-electron chi connectivity index (χ1n) is 5.56. The van der Waals surface area contributed by atoms with Gasteiger partial charge < -0.3 is 10.6 Å². The highest BCUT2D eigenvalue weighted by Crippen LogP contribution is 2.21. The van der Waals surface area contributed by atoms with Gasteiger partial charge in [0.15, 0.2) is 0 Å². The van der Waals surface area contributed by atoms with E-state index in [1.807, 2.05) is 23.9 Å². The van der Waals surface area contributed by atoms with Gasteiger partial charge in [0, 0.05) is 35.4 Å². The minimum Gasteiger partial charge on any atom is -0.351 e. The lowest BCUT2D eigenvalue weighted by molar-refractivity contribution is -0.121. The van der Waals surface area contributed by atoms with Crippen LogP contribution in [0.2, 0.25) is 0 Å². The van der Waals surface area contributed by atoms with Crippen LogP contribution in [-0.4, -0.2) is 30.0 Å². The highest BCUT2D eigenvalue weighted by Gasteiger charge is 2.16. The second kappa shape index (κ2) is 6.78. The van der Waals surface area contributed by atoms with Crippen molar-refractivity contribution in [3.05, 3.63) is 20.8 Å². The zero-order valence-corrected chi connectivity index (χ0v) is 12.6. The summed E-state index contributed by atoms with van der Waals surface area (Å²) >= 11 is 6.99. The number of thiophene rings is 1. The van der Waals surface area contributed by atoms with Crippen molar-refractivity contribution < 1.29 is 4.79 Å². The average Bonchev–Trinajstić information content (AvgIpc) is 2.74. The maximum Gasteiger partial charge on any atom is 0.221 e. The molecule has 1 aliphatic heterocycles. The van der Waals surface area contributed by atoms with E-state index in [-0.39, 0.29) is 5.91 Å². The van der Waals surface area contributed by atoms with Crippen LogP contribution >= 0.6 is 39.0 Å². The van der Waals surface area contributed by atoms with E-state index < -0.39 is 0 Å². The Hall–Kier alpha value is -0.0400. The van der Waals surface area contributed by atoms with E-state index in [0.717, 1.165) is 21.8 Å². The van der Waals surface area contributed by atoms with Crippen molar-refractivity contribution >= 4 is 44.9 Å². The Morgan fingerprint density at radius 2 is 2.47 bits per heavy atom. The Kier molecular flexibility index (Phi) is 5.34. The van der Waals surface area contributed by atoms with Crippen LogP contribution in [0.4, 0.5) is 0 Å². The van der Waals surface area contributed by atoms with E-state index in [2.05, 4.69) is 26.6 Å². The van der Waals surface area contributed by atoms with Crippen molar-refractivity contribution in [2.24, 2.45) is 0 Å². The molecule has 1 fully saturated rings. The van der Waals surface area contributed by atoms with Crippen molar-refractivity contribution in [1.82, 2.24) is 10.6 Å². The molecule has 1 saturated heterocycles. The summed E-state index contributed by atoms with van der Waals surface area (Å²) in [5, 5.41) is 6.33. The van der Waals surface area contributed by atoms with Crippen molar-refractivity contribution in [3.8, 4) is 0 Å². The number of carbonyl (C=O) groups excluding carboxylic acids is 1.